The van der Waals surface area contributed by atoms with Crippen LogP contribution in [-0.4, -0.2) is 27.2 Å². The molecular weight excluding hydrogens is 230 g/mol. The lowest BCUT2D eigenvalue weighted by Crippen LogP contribution is -2.09. The summed E-state index contributed by atoms with van der Waals surface area (Å²) in [7, 11) is 0. The number of carboxylic acid groups (broad SMARTS) is 1. The van der Waals surface area contributed by atoms with Crippen molar-refractivity contribution in [1.82, 2.24) is 0 Å². The van der Waals surface area contributed by atoms with E-state index < -0.39 is 39.7 Å². The maximum Gasteiger partial charge on any atom is 0.339 e. The molecule has 0 saturated heterocycles. The van der Waals surface area contributed by atoms with Gasteiger partial charge in [-0.25, -0.2) is 4.79 Å². The van der Waals surface area contributed by atoms with Crippen LogP contribution in [0.5, 0.6) is 11.5 Å². The van der Waals surface area contributed by atoms with Crippen molar-refractivity contribution in [3.05, 3.63) is 27.8 Å². The number of phenols is 1. The second-order valence-corrected chi connectivity index (χ2v) is 3.54. The van der Waals surface area contributed by atoms with Gasteiger partial charge in [0.25, 0.3) is 0 Å². The Morgan fingerprint density at radius 3 is 2.47 bits per heavy atom. The van der Waals surface area contributed by atoms with Crippen molar-refractivity contribution in [3.63, 3.8) is 0 Å². The first kappa shape index (κ1) is 12.8. The third kappa shape index (κ3) is 2.63. The molecule has 0 atom stereocenters. The summed E-state index contributed by atoms with van der Waals surface area (Å²) >= 11 is 0. The van der Waals surface area contributed by atoms with Crippen LogP contribution in [-0.2, 0) is 0 Å². The van der Waals surface area contributed by atoms with E-state index in [0.717, 1.165) is 12.1 Å². The zero-order valence-electron chi connectivity index (χ0n) is 9.21. The molecule has 0 aliphatic carbocycles. The Morgan fingerprint density at radius 2 is 2.06 bits per heavy atom. The molecule has 0 unspecified atom stereocenters. The number of nitro groups is 1. The Labute approximate surface area is 96.4 Å². The number of ether oxygens (including phenoxy) is 1. The maximum atomic E-state index is 10.8. The zero-order valence-corrected chi connectivity index (χ0v) is 9.21. The SMILES string of the molecule is CC(C)Oc1c([N+](=O)[O-])ccc(C(=O)O)c1O. The summed E-state index contributed by atoms with van der Waals surface area (Å²) in [5.41, 5.74) is -0.910. The Kier molecular flexibility index (Phi) is 3.52. The van der Waals surface area contributed by atoms with Gasteiger partial charge in [0.05, 0.1) is 11.0 Å². The molecule has 0 radical (unpaired) electrons. The molecule has 0 aliphatic heterocycles. The summed E-state index contributed by atoms with van der Waals surface area (Å²) in [4.78, 5) is 20.7. The summed E-state index contributed by atoms with van der Waals surface area (Å²) in [6, 6.07) is 1.95. The average molecular weight is 241 g/mol. The number of nitrogens with zero attached hydrogens (tertiary/aromatic N) is 1. The van der Waals surface area contributed by atoms with Crippen molar-refractivity contribution in [3.8, 4) is 11.5 Å². The van der Waals surface area contributed by atoms with Crippen LogP contribution in [0.3, 0.4) is 0 Å². The van der Waals surface area contributed by atoms with Crippen LogP contribution in [0.25, 0.3) is 0 Å². The zero-order chi connectivity index (χ0) is 13.2. The highest BCUT2D eigenvalue weighted by Gasteiger charge is 2.25. The molecule has 0 heterocycles. The number of carbonyl (C=O) groups is 1. The molecule has 17 heavy (non-hydrogen) atoms. The van der Waals surface area contributed by atoms with E-state index in [-0.39, 0.29) is 0 Å². The normalized spacial score (nSPS) is 10.3. The molecular formula is C10H11NO6. The third-order valence-electron chi connectivity index (χ3n) is 1.89. The van der Waals surface area contributed by atoms with Gasteiger partial charge in [0.2, 0.25) is 5.75 Å². The van der Waals surface area contributed by atoms with E-state index in [0.29, 0.717) is 0 Å². The van der Waals surface area contributed by atoms with Crippen LogP contribution in [0.15, 0.2) is 12.1 Å². The fourth-order valence-electron chi connectivity index (χ4n) is 1.23. The van der Waals surface area contributed by atoms with E-state index in [4.69, 9.17) is 9.84 Å². The van der Waals surface area contributed by atoms with Gasteiger partial charge in [-0.15, -0.1) is 0 Å². The van der Waals surface area contributed by atoms with Gasteiger partial charge >= 0.3 is 11.7 Å². The molecule has 0 aliphatic rings. The highest BCUT2D eigenvalue weighted by Crippen LogP contribution is 2.39. The second kappa shape index (κ2) is 4.69. The lowest BCUT2D eigenvalue weighted by molar-refractivity contribution is -0.386. The fourth-order valence-corrected chi connectivity index (χ4v) is 1.23. The Bertz CT molecular complexity index is 468. The molecule has 7 heteroatoms. The topological polar surface area (TPSA) is 110 Å². The summed E-state index contributed by atoms with van der Waals surface area (Å²) in [5, 5.41) is 29.1. The molecule has 1 aromatic rings. The van der Waals surface area contributed by atoms with Gasteiger partial charge in [-0.05, 0) is 19.9 Å². The van der Waals surface area contributed by atoms with Crippen LogP contribution in [0.1, 0.15) is 24.2 Å². The van der Waals surface area contributed by atoms with E-state index in [9.17, 15) is 20.0 Å². The summed E-state index contributed by atoms with van der Waals surface area (Å²) in [5.74, 6) is -2.55. The van der Waals surface area contributed by atoms with Crippen molar-refractivity contribution in [2.24, 2.45) is 0 Å². The number of hydrogen-bond acceptors (Lipinski definition) is 5. The minimum atomic E-state index is -1.38. The van der Waals surface area contributed by atoms with Gasteiger partial charge in [0.15, 0.2) is 5.75 Å². The Hall–Kier alpha value is -2.31. The fraction of sp³-hybridized carbons (Fsp3) is 0.300. The van der Waals surface area contributed by atoms with Gasteiger partial charge in [-0.1, -0.05) is 0 Å². The average Bonchev–Trinajstić information content (AvgIpc) is 2.19. The van der Waals surface area contributed by atoms with E-state index in [1.807, 2.05) is 0 Å². The Morgan fingerprint density at radius 1 is 1.47 bits per heavy atom. The molecule has 1 aromatic carbocycles. The smallest absolute Gasteiger partial charge is 0.339 e. The van der Waals surface area contributed by atoms with Crippen molar-refractivity contribution in [2.75, 3.05) is 0 Å². The maximum absolute atomic E-state index is 10.8. The van der Waals surface area contributed by atoms with Crippen LogP contribution in [0.4, 0.5) is 5.69 Å². The number of carboxylic acids is 1. The summed E-state index contributed by atoms with van der Waals surface area (Å²) in [6.07, 6.45) is -0.427. The number of benzene rings is 1. The van der Waals surface area contributed by atoms with Gasteiger partial charge in [0.1, 0.15) is 5.56 Å². The Balaban J connectivity index is 3.41. The number of aromatic hydroxyl groups is 1. The second-order valence-electron chi connectivity index (χ2n) is 3.54. The highest BCUT2D eigenvalue weighted by atomic mass is 16.6. The summed E-state index contributed by atoms with van der Waals surface area (Å²) < 4.78 is 5.07. The standard InChI is InChI=1S/C10H11NO6/c1-5(2)17-9-7(11(15)16)4-3-6(8(9)12)10(13)14/h3-5,12H,1-2H3,(H,13,14). The molecule has 0 bridgehead atoms. The van der Waals surface area contributed by atoms with Gasteiger partial charge in [-0.3, -0.25) is 10.1 Å². The lowest BCUT2D eigenvalue weighted by atomic mass is 10.1. The minimum Gasteiger partial charge on any atom is -0.503 e. The van der Waals surface area contributed by atoms with Gasteiger partial charge in [0, 0.05) is 6.07 Å². The van der Waals surface area contributed by atoms with Crippen molar-refractivity contribution >= 4 is 11.7 Å². The first-order chi connectivity index (χ1) is 7.84. The number of nitro benzene ring substituents is 1. The van der Waals surface area contributed by atoms with Crippen molar-refractivity contribution in [2.45, 2.75) is 20.0 Å². The molecule has 92 valence electrons. The molecule has 0 saturated carbocycles. The monoisotopic (exact) mass is 241 g/mol. The van der Waals surface area contributed by atoms with Crippen LogP contribution >= 0.6 is 0 Å². The van der Waals surface area contributed by atoms with Gasteiger partial charge in [-0.2, -0.15) is 0 Å². The third-order valence-corrected chi connectivity index (χ3v) is 1.89. The molecule has 0 spiro atoms. The first-order valence-electron chi connectivity index (χ1n) is 4.75. The molecule has 0 fully saturated rings. The van der Waals surface area contributed by atoms with E-state index >= 15 is 0 Å². The van der Waals surface area contributed by atoms with Crippen molar-refractivity contribution in [1.29, 1.82) is 0 Å². The molecule has 0 aromatic heterocycles. The van der Waals surface area contributed by atoms with E-state index in [1.54, 1.807) is 13.8 Å². The van der Waals surface area contributed by atoms with Crippen LogP contribution in [0.2, 0.25) is 0 Å². The molecule has 1 rings (SSSR count). The van der Waals surface area contributed by atoms with Gasteiger partial charge < -0.3 is 14.9 Å². The largest absolute Gasteiger partial charge is 0.503 e. The number of hydrogen-bond donors (Lipinski definition) is 2. The quantitative estimate of drug-likeness (QED) is 0.614. The van der Waals surface area contributed by atoms with E-state index in [1.165, 1.54) is 0 Å². The van der Waals surface area contributed by atoms with Crippen molar-refractivity contribution < 1.29 is 24.7 Å². The first-order valence-corrected chi connectivity index (χ1v) is 4.75. The number of aromatic carboxylic acids is 1. The highest BCUT2D eigenvalue weighted by molar-refractivity contribution is 5.92. The summed E-state index contributed by atoms with van der Waals surface area (Å²) in [6.45, 7) is 3.22. The molecule has 7 nitrogen and oxygen atoms in total. The number of rotatable bonds is 4. The van der Waals surface area contributed by atoms with Crippen LogP contribution < -0.4 is 4.74 Å². The molecule has 2 N–H and O–H groups in total. The van der Waals surface area contributed by atoms with Crippen LogP contribution in [0, 0.1) is 10.1 Å². The predicted molar refractivity (Wildman–Crippen MR) is 57.5 cm³/mol. The minimum absolute atomic E-state index is 0.426. The lowest BCUT2D eigenvalue weighted by Gasteiger charge is -2.12. The van der Waals surface area contributed by atoms with E-state index in [2.05, 4.69) is 0 Å². The predicted octanol–water partition coefficient (Wildman–Crippen LogP) is 1.79. The molecule has 0 amide bonds.